The molecule has 0 spiro atoms. The third-order valence-corrected chi connectivity index (χ3v) is 4.76. The van der Waals surface area contributed by atoms with Crippen molar-refractivity contribution in [2.24, 2.45) is 0 Å². The third kappa shape index (κ3) is 4.31. The number of nitrogens with zero attached hydrogens (tertiary/aromatic N) is 1. The van der Waals surface area contributed by atoms with Crippen molar-refractivity contribution >= 4 is 51.0 Å². The van der Waals surface area contributed by atoms with Gasteiger partial charge in [0.1, 0.15) is 5.00 Å². The second-order valence-corrected chi connectivity index (χ2v) is 6.71. The van der Waals surface area contributed by atoms with E-state index in [0.717, 1.165) is 10.4 Å². The standard InChI is InChI=1S/C16H17N3O4S2/c1-4-12-9(2)25-14(13(12)15(20)23-3)18-16(24)17-10-6-5-7-11(8-10)19(21)22/h5-8H,4H2,1-3H3,(H2,17,18,24). The number of methoxy groups -OCH3 is 1. The van der Waals surface area contributed by atoms with Crippen molar-refractivity contribution in [2.45, 2.75) is 20.3 Å². The van der Waals surface area contributed by atoms with Crippen LogP contribution in [-0.2, 0) is 11.2 Å². The first-order valence-corrected chi connectivity index (χ1v) is 8.62. The molecule has 0 aliphatic heterocycles. The van der Waals surface area contributed by atoms with E-state index < -0.39 is 10.9 Å². The number of anilines is 2. The number of carbonyl (C=O) groups excluding carboxylic acids is 1. The Bertz CT molecular complexity index is 833. The first kappa shape index (κ1) is 18.8. The molecule has 0 bridgehead atoms. The lowest BCUT2D eigenvalue weighted by molar-refractivity contribution is -0.384. The summed E-state index contributed by atoms with van der Waals surface area (Å²) in [4.78, 5) is 23.5. The summed E-state index contributed by atoms with van der Waals surface area (Å²) >= 11 is 6.67. The Balaban J connectivity index is 2.22. The van der Waals surface area contributed by atoms with Crippen molar-refractivity contribution in [1.29, 1.82) is 0 Å². The lowest BCUT2D eigenvalue weighted by Crippen LogP contribution is -2.20. The summed E-state index contributed by atoms with van der Waals surface area (Å²) in [6.45, 7) is 3.89. The molecule has 0 fully saturated rings. The number of rotatable bonds is 5. The molecule has 7 nitrogen and oxygen atoms in total. The number of hydrogen-bond donors (Lipinski definition) is 2. The molecule has 0 unspecified atom stereocenters. The van der Waals surface area contributed by atoms with Crippen molar-refractivity contribution in [1.82, 2.24) is 0 Å². The van der Waals surface area contributed by atoms with Crippen LogP contribution in [0.2, 0.25) is 0 Å². The Kier molecular flexibility index (Phi) is 6.05. The van der Waals surface area contributed by atoms with E-state index in [-0.39, 0.29) is 10.8 Å². The molecule has 132 valence electrons. The van der Waals surface area contributed by atoms with E-state index in [1.807, 2.05) is 13.8 Å². The van der Waals surface area contributed by atoms with Crippen molar-refractivity contribution < 1.29 is 14.5 Å². The molecule has 0 aliphatic carbocycles. The number of thiophene rings is 1. The summed E-state index contributed by atoms with van der Waals surface area (Å²) in [7, 11) is 1.33. The molecular weight excluding hydrogens is 362 g/mol. The van der Waals surface area contributed by atoms with E-state index in [1.165, 1.54) is 30.6 Å². The van der Waals surface area contributed by atoms with Gasteiger partial charge in [-0.1, -0.05) is 13.0 Å². The van der Waals surface area contributed by atoms with E-state index in [9.17, 15) is 14.9 Å². The van der Waals surface area contributed by atoms with E-state index in [1.54, 1.807) is 12.1 Å². The van der Waals surface area contributed by atoms with Gasteiger partial charge in [0.15, 0.2) is 5.11 Å². The van der Waals surface area contributed by atoms with Crippen LogP contribution in [0.4, 0.5) is 16.4 Å². The molecule has 9 heteroatoms. The molecule has 0 radical (unpaired) electrons. The third-order valence-electron chi connectivity index (χ3n) is 3.49. The van der Waals surface area contributed by atoms with E-state index in [0.29, 0.717) is 22.7 Å². The quantitative estimate of drug-likeness (QED) is 0.349. The monoisotopic (exact) mass is 379 g/mol. The smallest absolute Gasteiger partial charge is 0.341 e. The number of thiocarbonyl (C=S) groups is 1. The van der Waals surface area contributed by atoms with E-state index in [4.69, 9.17) is 17.0 Å². The maximum atomic E-state index is 12.1. The highest BCUT2D eigenvalue weighted by Gasteiger charge is 2.22. The number of aryl methyl sites for hydroxylation is 1. The van der Waals surface area contributed by atoms with Crippen LogP contribution in [0.25, 0.3) is 0 Å². The van der Waals surface area contributed by atoms with Gasteiger partial charge in [-0.2, -0.15) is 0 Å². The minimum absolute atomic E-state index is 0.0386. The molecule has 0 saturated heterocycles. The lowest BCUT2D eigenvalue weighted by atomic mass is 10.1. The molecule has 1 heterocycles. The zero-order valence-corrected chi connectivity index (χ0v) is 15.5. The van der Waals surface area contributed by atoms with Gasteiger partial charge in [-0.15, -0.1) is 11.3 Å². The Morgan fingerprint density at radius 3 is 2.72 bits per heavy atom. The van der Waals surface area contributed by atoms with Gasteiger partial charge in [-0.25, -0.2) is 4.79 Å². The number of nitrogens with one attached hydrogen (secondary N) is 2. The van der Waals surface area contributed by atoms with Crippen LogP contribution >= 0.6 is 23.6 Å². The van der Waals surface area contributed by atoms with Crippen LogP contribution in [0.5, 0.6) is 0 Å². The number of carbonyl (C=O) groups is 1. The molecule has 2 rings (SSSR count). The minimum Gasteiger partial charge on any atom is -0.465 e. The fourth-order valence-corrected chi connectivity index (χ4v) is 3.80. The van der Waals surface area contributed by atoms with Gasteiger partial charge in [0.05, 0.1) is 17.6 Å². The van der Waals surface area contributed by atoms with E-state index in [2.05, 4.69) is 10.6 Å². The second kappa shape index (κ2) is 8.04. The molecular formula is C16H17N3O4S2. The molecule has 1 aromatic carbocycles. The maximum absolute atomic E-state index is 12.1. The summed E-state index contributed by atoms with van der Waals surface area (Å²) in [5.74, 6) is -0.429. The molecule has 0 saturated carbocycles. The fraction of sp³-hybridized carbons (Fsp3) is 0.250. The highest BCUT2D eigenvalue weighted by atomic mass is 32.1. The Morgan fingerprint density at radius 2 is 2.12 bits per heavy atom. The Morgan fingerprint density at radius 1 is 1.40 bits per heavy atom. The summed E-state index contributed by atoms with van der Waals surface area (Å²) in [5.41, 5.74) is 1.83. The summed E-state index contributed by atoms with van der Waals surface area (Å²) < 4.78 is 4.86. The fourth-order valence-electron chi connectivity index (χ4n) is 2.37. The van der Waals surface area contributed by atoms with E-state index >= 15 is 0 Å². The van der Waals surface area contributed by atoms with Crippen molar-refractivity contribution in [2.75, 3.05) is 17.7 Å². The number of nitro groups is 1. The molecule has 0 atom stereocenters. The number of esters is 1. The number of hydrogen-bond acceptors (Lipinski definition) is 6. The summed E-state index contributed by atoms with van der Waals surface area (Å²) in [5, 5.41) is 17.5. The number of ether oxygens (including phenoxy) is 1. The van der Waals surface area contributed by atoms with Crippen LogP contribution in [0.3, 0.4) is 0 Å². The van der Waals surface area contributed by atoms with Gasteiger partial charge in [-0.05, 0) is 37.2 Å². The Labute approximate surface area is 154 Å². The lowest BCUT2D eigenvalue weighted by Gasteiger charge is -2.11. The van der Waals surface area contributed by atoms with Crippen molar-refractivity contribution in [3.63, 3.8) is 0 Å². The van der Waals surface area contributed by atoms with Crippen LogP contribution in [-0.4, -0.2) is 23.1 Å². The van der Waals surface area contributed by atoms with Gasteiger partial charge < -0.3 is 15.4 Å². The average molecular weight is 379 g/mol. The number of benzene rings is 1. The second-order valence-electron chi connectivity index (χ2n) is 5.07. The summed E-state index contributed by atoms with van der Waals surface area (Å²) in [6, 6.07) is 6.01. The van der Waals surface area contributed by atoms with Gasteiger partial charge >= 0.3 is 5.97 Å². The average Bonchev–Trinajstić information content (AvgIpc) is 2.89. The minimum atomic E-state index is -0.479. The molecule has 1 aromatic heterocycles. The largest absolute Gasteiger partial charge is 0.465 e. The zero-order chi connectivity index (χ0) is 18.6. The molecule has 25 heavy (non-hydrogen) atoms. The van der Waals surface area contributed by atoms with Crippen LogP contribution in [0.15, 0.2) is 24.3 Å². The highest BCUT2D eigenvalue weighted by molar-refractivity contribution is 7.80. The number of nitro benzene ring substituents is 1. The topological polar surface area (TPSA) is 93.5 Å². The van der Waals surface area contributed by atoms with Gasteiger partial charge in [-0.3, -0.25) is 10.1 Å². The van der Waals surface area contributed by atoms with Crippen LogP contribution in [0.1, 0.15) is 27.7 Å². The predicted octanol–water partition coefficient (Wildman–Crippen LogP) is 4.12. The molecule has 0 aliphatic rings. The number of non-ortho nitro benzene ring substituents is 1. The van der Waals surface area contributed by atoms with Crippen molar-refractivity contribution in [3.05, 3.63) is 50.4 Å². The highest BCUT2D eigenvalue weighted by Crippen LogP contribution is 2.34. The van der Waals surface area contributed by atoms with Crippen molar-refractivity contribution in [3.8, 4) is 0 Å². The zero-order valence-electron chi connectivity index (χ0n) is 13.9. The maximum Gasteiger partial charge on any atom is 0.341 e. The molecule has 2 aromatic rings. The van der Waals surface area contributed by atoms with Gasteiger partial charge in [0.25, 0.3) is 5.69 Å². The molecule has 2 N–H and O–H groups in total. The van der Waals surface area contributed by atoms with Crippen LogP contribution < -0.4 is 10.6 Å². The normalized spacial score (nSPS) is 10.2. The first-order valence-electron chi connectivity index (χ1n) is 7.40. The van der Waals surface area contributed by atoms with Crippen LogP contribution in [0, 0.1) is 17.0 Å². The summed E-state index contributed by atoms with van der Waals surface area (Å²) in [6.07, 6.45) is 0.694. The molecule has 0 amide bonds. The van der Waals surface area contributed by atoms with Gasteiger partial charge in [0.2, 0.25) is 0 Å². The van der Waals surface area contributed by atoms with Gasteiger partial charge in [0, 0.05) is 22.7 Å². The Hall–Kier alpha value is -2.52. The SMILES string of the molecule is CCc1c(C)sc(NC(=S)Nc2cccc([N+](=O)[O-])c2)c1C(=O)OC. The predicted molar refractivity (Wildman–Crippen MR) is 103 cm³/mol. The first-order chi connectivity index (χ1) is 11.9.